The minimum absolute atomic E-state index is 0.197. The number of benzene rings is 1. The molecule has 1 saturated heterocycles. The fourth-order valence-corrected chi connectivity index (χ4v) is 4.07. The first-order chi connectivity index (χ1) is 14.5. The number of fused-ring (bicyclic) bond motifs is 1. The Kier molecular flexibility index (Phi) is 5.86. The van der Waals surface area contributed by atoms with Crippen LogP contribution in [0.3, 0.4) is 0 Å². The summed E-state index contributed by atoms with van der Waals surface area (Å²) in [5.41, 5.74) is 7.87. The summed E-state index contributed by atoms with van der Waals surface area (Å²) in [7, 11) is 0. The minimum Gasteiger partial charge on any atom is -0.387 e. The second kappa shape index (κ2) is 8.56. The zero-order chi connectivity index (χ0) is 21.3. The van der Waals surface area contributed by atoms with Gasteiger partial charge in [0.15, 0.2) is 29.0 Å². The molecule has 3 heterocycles. The van der Waals surface area contributed by atoms with E-state index in [-0.39, 0.29) is 5.82 Å². The molecule has 30 heavy (non-hydrogen) atoms. The van der Waals surface area contributed by atoms with Gasteiger partial charge in [-0.2, -0.15) is 0 Å². The Hall–Kier alpha value is -2.73. The number of likely N-dealkylation sites (N-methyl/N-ethyl adjacent to an activating group) is 1. The Bertz CT molecular complexity index is 1050. The van der Waals surface area contributed by atoms with Crippen molar-refractivity contribution in [1.29, 1.82) is 0 Å². The van der Waals surface area contributed by atoms with Gasteiger partial charge in [-0.15, -0.1) is 0 Å². The first kappa shape index (κ1) is 20.5. The molecule has 0 unspecified atom stereocenters. The number of nitrogen functional groups attached to an aromatic ring is 1. The van der Waals surface area contributed by atoms with Crippen LogP contribution in [0.4, 0.5) is 5.82 Å². The average molecular weight is 430 g/mol. The van der Waals surface area contributed by atoms with Gasteiger partial charge in [-0.05, 0) is 12.5 Å². The van der Waals surface area contributed by atoms with Crippen molar-refractivity contribution in [1.82, 2.24) is 24.8 Å². The summed E-state index contributed by atoms with van der Waals surface area (Å²) in [6.45, 7) is 2.14. The molecular weight excluding hydrogens is 408 g/mol. The number of carbonyl (C=O) groups is 1. The lowest BCUT2D eigenvalue weighted by Gasteiger charge is -2.16. The maximum absolute atomic E-state index is 12.1. The Balaban J connectivity index is 1.61. The zero-order valence-electron chi connectivity index (χ0n) is 16.2. The van der Waals surface area contributed by atoms with Crippen molar-refractivity contribution in [3.63, 3.8) is 0 Å². The summed E-state index contributed by atoms with van der Waals surface area (Å²) in [6.07, 6.45) is -3.56. The number of nitrogens with one attached hydrogen (secondary N) is 1. The van der Waals surface area contributed by atoms with E-state index in [1.807, 2.05) is 30.3 Å². The lowest BCUT2D eigenvalue weighted by atomic mass is 10.1. The highest BCUT2D eigenvalue weighted by Gasteiger charge is 2.47. The number of imidazole rings is 1. The van der Waals surface area contributed by atoms with Crippen LogP contribution in [0, 0.1) is 0 Å². The molecule has 0 radical (unpaired) electrons. The Morgan fingerprint density at radius 1 is 1.27 bits per heavy atom. The number of carbonyl (C=O) groups excluding carboxylic acids is 1. The van der Waals surface area contributed by atoms with Crippen molar-refractivity contribution < 1.29 is 19.7 Å². The number of aromatic nitrogens is 4. The molecule has 1 aliphatic rings. The van der Waals surface area contributed by atoms with Gasteiger partial charge in [0.05, 0.1) is 6.33 Å². The van der Waals surface area contributed by atoms with Gasteiger partial charge in [0, 0.05) is 12.3 Å². The van der Waals surface area contributed by atoms with Gasteiger partial charge < -0.3 is 26.0 Å². The lowest BCUT2D eigenvalue weighted by Crippen LogP contribution is -2.42. The first-order valence-corrected chi connectivity index (χ1v) is 10.4. The van der Waals surface area contributed by atoms with E-state index in [0.29, 0.717) is 28.6 Å². The van der Waals surface area contributed by atoms with Crippen LogP contribution >= 0.6 is 11.8 Å². The van der Waals surface area contributed by atoms with Gasteiger partial charge in [-0.3, -0.25) is 9.36 Å². The molecule has 2 aromatic heterocycles. The first-order valence-electron chi connectivity index (χ1n) is 9.45. The highest BCUT2D eigenvalue weighted by molar-refractivity contribution is 7.98. The summed E-state index contributed by atoms with van der Waals surface area (Å²) in [6, 6.07) is 9.87. The van der Waals surface area contributed by atoms with Gasteiger partial charge in [0.1, 0.15) is 17.7 Å². The Morgan fingerprint density at radius 2 is 2.03 bits per heavy atom. The molecule has 0 aliphatic carbocycles. The minimum atomic E-state index is -1.38. The Labute approximate surface area is 176 Å². The number of thioether (sulfide) groups is 1. The van der Waals surface area contributed by atoms with E-state index in [1.165, 1.54) is 22.7 Å². The molecule has 11 heteroatoms. The third-order valence-corrected chi connectivity index (χ3v) is 5.68. The van der Waals surface area contributed by atoms with Crippen LogP contribution < -0.4 is 11.1 Å². The standard InChI is InChI=1S/C19H22N6O4S/c1-2-21-17(28)14-12(26)13(27)18(29-14)25-9-22-11-15(20)23-19(24-16(11)25)30-8-10-6-4-3-5-7-10/h3-7,9,12-14,18,26-27H,2,8H2,1H3,(H,21,28)(H2,20,23,24)/t12-,13+,14-,18+/m0/s1. The van der Waals surface area contributed by atoms with Crippen molar-refractivity contribution in [2.75, 3.05) is 12.3 Å². The summed E-state index contributed by atoms with van der Waals surface area (Å²) < 4.78 is 7.13. The molecule has 1 fully saturated rings. The normalized spacial score (nSPS) is 23.7. The number of nitrogens with zero attached hydrogens (tertiary/aromatic N) is 4. The largest absolute Gasteiger partial charge is 0.387 e. The van der Waals surface area contributed by atoms with Crippen LogP contribution in [0.25, 0.3) is 11.2 Å². The van der Waals surface area contributed by atoms with Gasteiger partial charge >= 0.3 is 0 Å². The van der Waals surface area contributed by atoms with Crippen molar-refractivity contribution in [3.05, 3.63) is 42.2 Å². The highest BCUT2D eigenvalue weighted by Crippen LogP contribution is 2.33. The van der Waals surface area contributed by atoms with E-state index in [4.69, 9.17) is 10.5 Å². The van der Waals surface area contributed by atoms with E-state index in [1.54, 1.807) is 6.92 Å². The fraction of sp³-hybridized carbons (Fsp3) is 0.368. The molecule has 10 nitrogen and oxygen atoms in total. The predicted molar refractivity (Wildman–Crippen MR) is 110 cm³/mol. The maximum Gasteiger partial charge on any atom is 0.252 e. The highest BCUT2D eigenvalue weighted by atomic mass is 32.2. The molecule has 0 saturated carbocycles. The van der Waals surface area contributed by atoms with E-state index in [0.717, 1.165) is 5.56 Å². The summed E-state index contributed by atoms with van der Waals surface area (Å²) in [5.74, 6) is 0.354. The van der Waals surface area contributed by atoms with Crippen molar-refractivity contribution in [2.45, 2.75) is 42.4 Å². The number of aliphatic hydroxyl groups excluding tert-OH is 2. The van der Waals surface area contributed by atoms with E-state index >= 15 is 0 Å². The number of nitrogens with two attached hydrogens (primary N) is 1. The van der Waals surface area contributed by atoms with Crippen LogP contribution in [-0.2, 0) is 15.3 Å². The quantitative estimate of drug-likeness (QED) is 0.323. The summed E-state index contributed by atoms with van der Waals surface area (Å²) in [4.78, 5) is 25.2. The van der Waals surface area contributed by atoms with Gasteiger partial charge in [0.2, 0.25) is 0 Å². The van der Waals surface area contributed by atoms with E-state index in [9.17, 15) is 15.0 Å². The van der Waals surface area contributed by atoms with Crippen molar-refractivity contribution in [2.24, 2.45) is 0 Å². The summed E-state index contributed by atoms with van der Waals surface area (Å²) in [5, 5.41) is 23.8. The SMILES string of the molecule is CCNC(=O)[C@H]1O[C@@H](n2cnc3c(N)nc(SCc4ccccc4)nc32)[C@H](O)[C@@H]1O. The van der Waals surface area contributed by atoms with Crippen LogP contribution in [0.5, 0.6) is 0 Å². The zero-order valence-corrected chi connectivity index (χ0v) is 17.0. The van der Waals surface area contributed by atoms with Crippen LogP contribution in [0.1, 0.15) is 18.7 Å². The lowest BCUT2D eigenvalue weighted by molar-refractivity contribution is -0.137. The van der Waals surface area contributed by atoms with Gasteiger partial charge in [-0.1, -0.05) is 42.1 Å². The molecule has 3 aromatic rings. The average Bonchev–Trinajstić information content (AvgIpc) is 3.29. The third kappa shape index (κ3) is 3.84. The number of amides is 1. The summed E-state index contributed by atoms with van der Waals surface area (Å²) >= 11 is 1.41. The molecule has 1 aromatic carbocycles. The molecule has 1 aliphatic heterocycles. The fourth-order valence-electron chi connectivity index (χ4n) is 3.27. The molecule has 0 bridgehead atoms. The van der Waals surface area contributed by atoms with Gasteiger partial charge in [0.25, 0.3) is 5.91 Å². The topological polar surface area (TPSA) is 148 Å². The molecule has 5 N–H and O–H groups in total. The number of hydrogen-bond donors (Lipinski definition) is 4. The Morgan fingerprint density at radius 3 is 2.77 bits per heavy atom. The molecule has 158 valence electrons. The van der Waals surface area contributed by atoms with Crippen molar-refractivity contribution >= 4 is 34.7 Å². The number of anilines is 1. The second-order valence-electron chi connectivity index (χ2n) is 6.81. The smallest absolute Gasteiger partial charge is 0.252 e. The van der Waals surface area contributed by atoms with Crippen LogP contribution in [0.15, 0.2) is 41.8 Å². The predicted octanol–water partition coefficient (Wildman–Crippen LogP) is 0.456. The molecule has 4 atom stereocenters. The molecule has 0 spiro atoms. The molecule has 1 amide bonds. The maximum atomic E-state index is 12.1. The van der Waals surface area contributed by atoms with E-state index in [2.05, 4.69) is 20.3 Å². The molecule has 4 rings (SSSR count). The van der Waals surface area contributed by atoms with Crippen LogP contribution in [-0.4, -0.2) is 60.5 Å². The van der Waals surface area contributed by atoms with Crippen LogP contribution in [0.2, 0.25) is 0 Å². The number of ether oxygens (including phenoxy) is 1. The third-order valence-electron chi connectivity index (χ3n) is 4.76. The van der Waals surface area contributed by atoms with E-state index < -0.39 is 30.4 Å². The monoisotopic (exact) mass is 430 g/mol. The molecular formula is C19H22N6O4S. The number of hydrogen-bond acceptors (Lipinski definition) is 9. The van der Waals surface area contributed by atoms with Crippen molar-refractivity contribution in [3.8, 4) is 0 Å². The van der Waals surface area contributed by atoms with Gasteiger partial charge in [-0.25, -0.2) is 15.0 Å². The number of aliphatic hydroxyl groups is 2. The number of rotatable bonds is 6. The second-order valence-corrected chi connectivity index (χ2v) is 7.76.